The summed E-state index contributed by atoms with van der Waals surface area (Å²) >= 11 is 5.79. The maximum absolute atomic E-state index is 11.4. The summed E-state index contributed by atoms with van der Waals surface area (Å²) in [5, 5.41) is 0.877. The summed E-state index contributed by atoms with van der Waals surface area (Å²) in [6.45, 7) is 1.78. The van der Waals surface area contributed by atoms with Crippen molar-refractivity contribution in [3.63, 3.8) is 0 Å². The minimum Gasteiger partial charge on any atom is -0.307 e. The zero-order valence-corrected chi connectivity index (χ0v) is 8.11. The molecule has 5 heteroatoms. The first-order chi connectivity index (χ1) is 6.58. The fraction of sp³-hybridized carbons (Fsp3) is 0.111. The van der Waals surface area contributed by atoms with E-state index in [0.29, 0.717) is 15.9 Å². The highest BCUT2D eigenvalue weighted by atomic mass is 35.5. The summed E-state index contributed by atoms with van der Waals surface area (Å²) in [6.07, 6.45) is 0. The van der Waals surface area contributed by atoms with Crippen LogP contribution in [-0.4, -0.2) is 9.97 Å². The second-order valence-electron chi connectivity index (χ2n) is 3.05. The Hall–Kier alpha value is -1.55. The lowest BCUT2D eigenvalue weighted by Crippen LogP contribution is -2.22. The number of nitrogens with one attached hydrogen (secondary N) is 2. The summed E-state index contributed by atoms with van der Waals surface area (Å²) in [5.41, 5.74) is 0.376. The van der Waals surface area contributed by atoms with Gasteiger partial charge in [-0.25, -0.2) is 4.79 Å². The number of halogens is 1. The third-order valence-electron chi connectivity index (χ3n) is 2.01. The lowest BCUT2D eigenvalue weighted by Gasteiger charge is -2.00. The summed E-state index contributed by atoms with van der Waals surface area (Å²) in [4.78, 5) is 27.1. The Labute approximate surface area is 83.5 Å². The first-order valence-electron chi connectivity index (χ1n) is 4.00. The predicted molar refractivity (Wildman–Crippen MR) is 54.9 cm³/mol. The van der Waals surface area contributed by atoms with E-state index < -0.39 is 11.2 Å². The number of aromatic nitrogens is 2. The van der Waals surface area contributed by atoms with Crippen molar-refractivity contribution in [1.29, 1.82) is 0 Å². The number of rotatable bonds is 0. The highest BCUT2D eigenvalue weighted by Gasteiger charge is 2.04. The van der Waals surface area contributed by atoms with Crippen LogP contribution in [0.15, 0.2) is 21.7 Å². The molecule has 0 aliphatic heterocycles. The lowest BCUT2D eigenvalue weighted by atomic mass is 10.1. The van der Waals surface area contributed by atoms with Gasteiger partial charge < -0.3 is 4.98 Å². The topological polar surface area (TPSA) is 65.7 Å². The van der Waals surface area contributed by atoms with Crippen molar-refractivity contribution < 1.29 is 0 Å². The molecule has 1 heterocycles. The Kier molecular flexibility index (Phi) is 1.93. The molecule has 2 N–H and O–H groups in total. The lowest BCUT2D eigenvalue weighted by molar-refractivity contribution is 1.08. The minimum atomic E-state index is -0.507. The molecule has 0 aliphatic carbocycles. The van der Waals surface area contributed by atoms with Gasteiger partial charge in [-0.1, -0.05) is 11.6 Å². The van der Waals surface area contributed by atoms with E-state index in [-0.39, 0.29) is 0 Å². The molecular formula is C9H7ClN2O2. The number of aromatic amines is 2. The molecular weight excluding hydrogens is 204 g/mol. The third-order valence-corrected chi connectivity index (χ3v) is 2.23. The summed E-state index contributed by atoms with van der Waals surface area (Å²) in [7, 11) is 0. The molecule has 2 rings (SSSR count). The Morgan fingerprint density at radius 1 is 1.21 bits per heavy atom. The summed E-state index contributed by atoms with van der Waals surface area (Å²) in [5.74, 6) is 0. The quantitative estimate of drug-likeness (QED) is 0.686. The van der Waals surface area contributed by atoms with Gasteiger partial charge in [0.2, 0.25) is 0 Å². The highest BCUT2D eigenvalue weighted by molar-refractivity contribution is 6.31. The van der Waals surface area contributed by atoms with Crippen LogP contribution in [0.5, 0.6) is 0 Å². The number of hydrogen-bond donors (Lipinski definition) is 2. The smallest absolute Gasteiger partial charge is 0.307 e. The molecule has 72 valence electrons. The number of fused-ring (bicyclic) bond motifs is 1. The van der Waals surface area contributed by atoms with Crippen molar-refractivity contribution in [3.8, 4) is 0 Å². The molecule has 0 saturated heterocycles. The van der Waals surface area contributed by atoms with Gasteiger partial charge in [0.1, 0.15) is 0 Å². The van der Waals surface area contributed by atoms with Crippen LogP contribution in [0.2, 0.25) is 5.02 Å². The molecule has 0 spiro atoms. The largest absolute Gasteiger partial charge is 0.326 e. The number of benzene rings is 1. The van der Waals surface area contributed by atoms with Crippen LogP contribution in [0, 0.1) is 6.92 Å². The van der Waals surface area contributed by atoms with Crippen molar-refractivity contribution in [2.75, 3.05) is 0 Å². The van der Waals surface area contributed by atoms with E-state index >= 15 is 0 Å². The number of hydrogen-bond acceptors (Lipinski definition) is 2. The van der Waals surface area contributed by atoms with E-state index in [2.05, 4.69) is 9.97 Å². The van der Waals surface area contributed by atoms with Gasteiger partial charge >= 0.3 is 5.69 Å². The Bertz CT molecular complexity index is 612. The normalized spacial score (nSPS) is 10.7. The zero-order chi connectivity index (χ0) is 10.3. The summed E-state index contributed by atoms with van der Waals surface area (Å²) in [6, 6.07) is 3.22. The zero-order valence-electron chi connectivity index (χ0n) is 7.35. The van der Waals surface area contributed by atoms with E-state index in [0.717, 1.165) is 5.56 Å². The van der Waals surface area contributed by atoms with Crippen molar-refractivity contribution >= 4 is 22.5 Å². The standard InChI is InChI=1S/C9H7ClN2O2/c1-4-2-5(10)3-6-7(4)11-9(14)12-8(6)13/h2-3H,1H3,(H2,11,12,13,14). The van der Waals surface area contributed by atoms with E-state index in [1.54, 1.807) is 13.0 Å². The molecule has 0 radical (unpaired) electrons. The Morgan fingerprint density at radius 2 is 1.93 bits per heavy atom. The number of aryl methyl sites for hydroxylation is 1. The Balaban J connectivity index is 3.10. The van der Waals surface area contributed by atoms with E-state index in [9.17, 15) is 9.59 Å². The molecule has 0 bridgehead atoms. The van der Waals surface area contributed by atoms with Gasteiger partial charge in [-0.05, 0) is 24.6 Å². The van der Waals surface area contributed by atoms with Crippen molar-refractivity contribution in [2.24, 2.45) is 0 Å². The SMILES string of the molecule is Cc1cc(Cl)cc2c(=O)[nH]c(=O)[nH]c12. The molecule has 0 atom stereocenters. The van der Waals surface area contributed by atoms with Crippen LogP contribution in [0.1, 0.15) is 5.56 Å². The van der Waals surface area contributed by atoms with Crippen molar-refractivity contribution in [1.82, 2.24) is 9.97 Å². The molecule has 1 aromatic carbocycles. The van der Waals surface area contributed by atoms with Gasteiger partial charge in [0.25, 0.3) is 5.56 Å². The molecule has 0 unspecified atom stereocenters. The molecule has 1 aromatic heterocycles. The number of H-pyrrole nitrogens is 2. The fourth-order valence-electron chi connectivity index (χ4n) is 1.40. The van der Waals surface area contributed by atoms with Gasteiger partial charge in [-0.3, -0.25) is 9.78 Å². The first kappa shape index (κ1) is 9.02. The van der Waals surface area contributed by atoms with Crippen molar-refractivity contribution in [3.05, 3.63) is 43.6 Å². The van der Waals surface area contributed by atoms with Crippen molar-refractivity contribution in [2.45, 2.75) is 6.92 Å². The minimum absolute atomic E-state index is 0.398. The molecule has 0 aliphatic rings. The maximum atomic E-state index is 11.4. The van der Waals surface area contributed by atoms with Gasteiger partial charge in [-0.2, -0.15) is 0 Å². The monoisotopic (exact) mass is 210 g/mol. The third kappa shape index (κ3) is 1.33. The molecule has 14 heavy (non-hydrogen) atoms. The Morgan fingerprint density at radius 3 is 2.64 bits per heavy atom. The second kappa shape index (κ2) is 2.99. The van der Waals surface area contributed by atoms with Crippen LogP contribution >= 0.6 is 11.6 Å². The fourth-order valence-corrected chi connectivity index (χ4v) is 1.68. The van der Waals surface area contributed by atoms with Crippen LogP contribution in [-0.2, 0) is 0 Å². The average molecular weight is 211 g/mol. The second-order valence-corrected chi connectivity index (χ2v) is 3.49. The molecule has 0 saturated carbocycles. The molecule has 0 amide bonds. The molecule has 0 fully saturated rings. The van der Waals surface area contributed by atoms with E-state index in [1.165, 1.54) is 6.07 Å². The van der Waals surface area contributed by atoms with Crippen LogP contribution < -0.4 is 11.2 Å². The van der Waals surface area contributed by atoms with Gasteiger partial charge in [-0.15, -0.1) is 0 Å². The van der Waals surface area contributed by atoms with Crippen LogP contribution in [0.4, 0.5) is 0 Å². The maximum Gasteiger partial charge on any atom is 0.326 e. The predicted octanol–water partition coefficient (Wildman–Crippen LogP) is 1.18. The molecule has 2 aromatic rings. The van der Waals surface area contributed by atoms with Crippen LogP contribution in [0.3, 0.4) is 0 Å². The highest BCUT2D eigenvalue weighted by Crippen LogP contribution is 2.17. The van der Waals surface area contributed by atoms with Gasteiger partial charge in [0.05, 0.1) is 10.9 Å². The van der Waals surface area contributed by atoms with Crippen LogP contribution in [0.25, 0.3) is 10.9 Å². The van der Waals surface area contributed by atoms with E-state index in [1.807, 2.05) is 0 Å². The average Bonchev–Trinajstić information content (AvgIpc) is 2.07. The molecule has 4 nitrogen and oxygen atoms in total. The van der Waals surface area contributed by atoms with E-state index in [4.69, 9.17) is 11.6 Å². The van der Waals surface area contributed by atoms with Gasteiger partial charge in [0.15, 0.2) is 0 Å². The first-order valence-corrected chi connectivity index (χ1v) is 4.38. The summed E-state index contributed by atoms with van der Waals surface area (Å²) < 4.78 is 0. The van der Waals surface area contributed by atoms with Gasteiger partial charge in [0, 0.05) is 5.02 Å².